The van der Waals surface area contributed by atoms with E-state index in [2.05, 4.69) is 31.8 Å². The van der Waals surface area contributed by atoms with Crippen LogP contribution in [0.1, 0.15) is 18.1 Å². The molecule has 0 spiro atoms. The second-order valence-corrected chi connectivity index (χ2v) is 8.49. The van der Waals surface area contributed by atoms with Crippen molar-refractivity contribution in [2.24, 2.45) is 5.10 Å². The Hall–Kier alpha value is -2.74. The predicted octanol–water partition coefficient (Wildman–Crippen LogP) is 6.30. The monoisotopic (exact) mass is 549 g/mol. The predicted molar refractivity (Wildman–Crippen MR) is 137 cm³/mol. The van der Waals surface area contributed by atoms with Crippen LogP contribution in [0.2, 0.25) is 10.0 Å². The number of rotatable bonds is 10. The average molecular weight is 551 g/mol. The minimum atomic E-state index is -0.287. The topological polar surface area (TPSA) is 72.0 Å². The summed E-state index contributed by atoms with van der Waals surface area (Å²) in [5.41, 5.74) is 4.87. The Morgan fingerprint density at radius 3 is 2.58 bits per heavy atom. The van der Waals surface area contributed by atoms with E-state index in [1.165, 1.54) is 6.21 Å². The fourth-order valence-corrected chi connectivity index (χ4v) is 3.69. The number of hydrazone groups is 1. The molecule has 0 heterocycles. The van der Waals surface area contributed by atoms with Gasteiger partial charge < -0.3 is 14.8 Å². The highest BCUT2D eigenvalue weighted by Crippen LogP contribution is 2.37. The summed E-state index contributed by atoms with van der Waals surface area (Å²) in [5, 5.41) is 8.29. The van der Waals surface area contributed by atoms with Crippen LogP contribution in [0, 0.1) is 0 Å². The molecule has 0 aromatic heterocycles. The summed E-state index contributed by atoms with van der Waals surface area (Å²) in [4.78, 5) is 12.0. The van der Waals surface area contributed by atoms with Crippen LogP contribution < -0.4 is 20.2 Å². The molecule has 2 N–H and O–H groups in total. The molecule has 0 aliphatic carbocycles. The van der Waals surface area contributed by atoms with Gasteiger partial charge in [-0.15, -0.1) is 0 Å². The van der Waals surface area contributed by atoms with E-state index >= 15 is 0 Å². The van der Waals surface area contributed by atoms with E-state index in [4.69, 9.17) is 32.7 Å². The van der Waals surface area contributed by atoms with Gasteiger partial charge in [0.1, 0.15) is 6.61 Å². The second kappa shape index (κ2) is 12.5. The van der Waals surface area contributed by atoms with Crippen molar-refractivity contribution >= 4 is 56.9 Å². The van der Waals surface area contributed by atoms with Gasteiger partial charge in [-0.25, -0.2) is 5.43 Å². The molecule has 0 bridgehead atoms. The van der Waals surface area contributed by atoms with Crippen molar-refractivity contribution in [3.63, 3.8) is 0 Å². The van der Waals surface area contributed by atoms with Gasteiger partial charge >= 0.3 is 0 Å². The number of carbonyl (C=O) groups is 1. The average Bonchev–Trinajstić information content (AvgIpc) is 2.79. The van der Waals surface area contributed by atoms with Gasteiger partial charge in [0.25, 0.3) is 5.91 Å². The Balaban J connectivity index is 1.61. The van der Waals surface area contributed by atoms with Gasteiger partial charge in [-0.1, -0.05) is 41.4 Å². The summed E-state index contributed by atoms with van der Waals surface area (Å²) < 4.78 is 12.4. The van der Waals surface area contributed by atoms with E-state index in [9.17, 15) is 4.79 Å². The Labute approximate surface area is 211 Å². The fourth-order valence-electron chi connectivity index (χ4n) is 2.80. The summed E-state index contributed by atoms with van der Waals surface area (Å²) in [5.74, 6) is 0.825. The molecule has 0 saturated heterocycles. The first-order chi connectivity index (χ1) is 16.0. The third-order valence-electron chi connectivity index (χ3n) is 4.36. The van der Waals surface area contributed by atoms with Crippen molar-refractivity contribution in [2.45, 2.75) is 13.5 Å². The Morgan fingerprint density at radius 2 is 1.85 bits per heavy atom. The van der Waals surface area contributed by atoms with Gasteiger partial charge in [-0.2, -0.15) is 5.10 Å². The molecule has 3 aromatic rings. The maximum Gasteiger partial charge on any atom is 0.259 e. The third kappa shape index (κ3) is 7.67. The minimum Gasteiger partial charge on any atom is -0.490 e. The number of hydrogen-bond donors (Lipinski definition) is 2. The normalized spacial score (nSPS) is 10.8. The number of amides is 1. The molecule has 0 aliphatic rings. The number of ether oxygens (including phenoxy) is 2. The van der Waals surface area contributed by atoms with Gasteiger partial charge in [-0.3, -0.25) is 4.79 Å². The number of nitrogens with zero attached hydrogens (tertiary/aromatic N) is 1. The molecule has 3 rings (SSSR count). The summed E-state index contributed by atoms with van der Waals surface area (Å²) in [6.07, 6.45) is 1.53. The molecule has 0 atom stereocenters. The number of hydrogen-bond acceptors (Lipinski definition) is 5. The minimum absolute atomic E-state index is 0.0711. The summed E-state index contributed by atoms with van der Waals surface area (Å²) in [6.45, 7) is 2.72. The summed E-state index contributed by atoms with van der Waals surface area (Å²) >= 11 is 15.6. The second-order valence-electron chi connectivity index (χ2n) is 6.80. The Kier molecular flexibility index (Phi) is 9.42. The molecule has 1 amide bonds. The zero-order valence-electron chi connectivity index (χ0n) is 17.8. The third-order valence-corrected chi connectivity index (χ3v) is 5.57. The lowest BCUT2D eigenvalue weighted by Gasteiger charge is -2.15. The van der Waals surface area contributed by atoms with Crippen molar-refractivity contribution in [1.29, 1.82) is 0 Å². The molecule has 33 heavy (non-hydrogen) atoms. The highest BCUT2D eigenvalue weighted by Gasteiger charge is 2.13. The quantitative estimate of drug-likeness (QED) is 0.230. The van der Waals surface area contributed by atoms with E-state index < -0.39 is 0 Å². The van der Waals surface area contributed by atoms with E-state index in [1.807, 2.05) is 37.3 Å². The van der Waals surface area contributed by atoms with Crippen LogP contribution in [0.25, 0.3) is 0 Å². The Bertz CT molecular complexity index is 1120. The Morgan fingerprint density at radius 1 is 1.09 bits per heavy atom. The first kappa shape index (κ1) is 24.9. The molecule has 0 unspecified atom stereocenters. The maximum absolute atomic E-state index is 12.0. The first-order valence-corrected chi connectivity index (χ1v) is 11.6. The van der Waals surface area contributed by atoms with E-state index in [0.29, 0.717) is 39.2 Å². The number of carbonyl (C=O) groups excluding carboxylic acids is 1. The van der Waals surface area contributed by atoms with Crippen LogP contribution in [-0.4, -0.2) is 25.3 Å². The largest absolute Gasteiger partial charge is 0.490 e. The lowest BCUT2D eigenvalue weighted by atomic mass is 10.2. The summed E-state index contributed by atoms with van der Waals surface area (Å²) in [7, 11) is 0. The number of benzene rings is 3. The van der Waals surface area contributed by atoms with Crippen molar-refractivity contribution in [1.82, 2.24) is 5.43 Å². The van der Waals surface area contributed by atoms with Gasteiger partial charge in [0.05, 0.1) is 23.8 Å². The number of halogens is 3. The van der Waals surface area contributed by atoms with E-state index in [0.717, 1.165) is 16.8 Å². The maximum atomic E-state index is 12.0. The number of nitrogens with one attached hydrogen (secondary N) is 2. The molecule has 172 valence electrons. The number of anilines is 1. The standard InChI is InChI=1S/C24H22BrCl2N3O3/c1-2-32-22-12-16(11-20(25)24(22)33-15-17-5-3-4-6-21(17)27)13-29-30-23(31)14-28-19-9-7-18(26)8-10-19/h3-13,28H,2,14-15H2,1H3,(H,30,31)/b29-13-. The van der Waals surface area contributed by atoms with Gasteiger partial charge in [-0.05, 0) is 70.9 Å². The van der Waals surface area contributed by atoms with Crippen LogP contribution >= 0.6 is 39.1 Å². The van der Waals surface area contributed by atoms with Crippen molar-refractivity contribution in [2.75, 3.05) is 18.5 Å². The summed E-state index contributed by atoms with van der Waals surface area (Å²) in [6, 6.07) is 18.2. The van der Waals surface area contributed by atoms with Crippen molar-refractivity contribution in [3.05, 3.63) is 86.3 Å². The van der Waals surface area contributed by atoms with Crippen LogP contribution in [0.4, 0.5) is 5.69 Å². The van der Waals surface area contributed by atoms with Crippen LogP contribution in [0.15, 0.2) is 70.2 Å². The first-order valence-electron chi connectivity index (χ1n) is 10.1. The van der Waals surface area contributed by atoms with Gasteiger partial charge in [0.15, 0.2) is 11.5 Å². The zero-order chi connectivity index (χ0) is 23.6. The van der Waals surface area contributed by atoms with Crippen LogP contribution in [0.5, 0.6) is 11.5 Å². The van der Waals surface area contributed by atoms with Crippen LogP contribution in [0.3, 0.4) is 0 Å². The molecule has 9 heteroatoms. The highest BCUT2D eigenvalue weighted by atomic mass is 79.9. The van der Waals surface area contributed by atoms with E-state index in [1.54, 1.807) is 30.3 Å². The molecule has 0 aliphatic heterocycles. The smallest absolute Gasteiger partial charge is 0.259 e. The molecule has 3 aromatic carbocycles. The van der Waals surface area contributed by atoms with Gasteiger partial charge in [0, 0.05) is 21.3 Å². The molecule has 0 saturated carbocycles. The molecular formula is C24H22BrCl2N3O3. The van der Waals surface area contributed by atoms with Crippen molar-refractivity contribution < 1.29 is 14.3 Å². The molecule has 6 nitrogen and oxygen atoms in total. The SMILES string of the molecule is CCOc1cc(/C=N\NC(=O)CNc2ccc(Cl)cc2)cc(Br)c1OCc1ccccc1Cl. The lowest BCUT2D eigenvalue weighted by molar-refractivity contribution is -0.119. The zero-order valence-corrected chi connectivity index (χ0v) is 20.9. The molecular weight excluding hydrogens is 529 g/mol. The highest BCUT2D eigenvalue weighted by molar-refractivity contribution is 9.10. The lowest BCUT2D eigenvalue weighted by Crippen LogP contribution is -2.25. The van der Waals surface area contributed by atoms with Crippen LogP contribution in [-0.2, 0) is 11.4 Å². The molecule has 0 fully saturated rings. The fraction of sp³-hybridized carbons (Fsp3) is 0.167. The van der Waals surface area contributed by atoms with Gasteiger partial charge in [0.2, 0.25) is 0 Å². The van der Waals surface area contributed by atoms with E-state index in [-0.39, 0.29) is 12.5 Å². The van der Waals surface area contributed by atoms with Crippen molar-refractivity contribution in [3.8, 4) is 11.5 Å². The molecule has 0 radical (unpaired) electrons.